The molecule has 1 aliphatic rings. The monoisotopic (exact) mass is 485 g/mol. The first kappa shape index (κ1) is 21.2. The van der Waals surface area contributed by atoms with Crippen LogP contribution in [0.5, 0.6) is 5.75 Å². The lowest BCUT2D eigenvalue weighted by molar-refractivity contribution is -0.113. The van der Waals surface area contributed by atoms with Crippen molar-refractivity contribution in [2.45, 2.75) is 37.6 Å². The zero-order chi connectivity index (χ0) is 22.1. The van der Waals surface area contributed by atoms with Crippen LogP contribution in [0.1, 0.15) is 30.3 Å². The molecular formula is C22H20ClN5O2S2. The lowest BCUT2D eigenvalue weighted by Gasteiger charge is -2.10. The molecular weight excluding hydrogens is 466 g/mol. The number of nitrogens with zero attached hydrogens (tertiary/aromatic N) is 4. The Labute approximate surface area is 198 Å². The Hall–Kier alpha value is -2.62. The van der Waals surface area contributed by atoms with Crippen LogP contribution in [-0.2, 0) is 11.4 Å². The number of carbonyl (C=O) groups is 1. The average Bonchev–Trinajstić information content (AvgIpc) is 3.41. The van der Waals surface area contributed by atoms with Crippen LogP contribution in [0.3, 0.4) is 0 Å². The summed E-state index contributed by atoms with van der Waals surface area (Å²) in [6.45, 7) is 2.31. The highest BCUT2D eigenvalue weighted by Gasteiger charge is 2.30. The van der Waals surface area contributed by atoms with Crippen molar-refractivity contribution in [1.82, 2.24) is 19.7 Å². The molecule has 0 atom stereocenters. The second kappa shape index (κ2) is 9.09. The standard InChI is InChI=1S/C22H20ClN5O2S2/c1-13-6-9-16-18(10-13)32-21(24-16)25-20(29)12-31-22-27-26-19(28(22)14-7-8-14)11-30-17-5-3-2-4-15(17)23/h2-6,9-10,14H,7-8,11-12H2,1H3,(H,24,25,29). The maximum absolute atomic E-state index is 12.5. The van der Waals surface area contributed by atoms with Crippen LogP contribution in [0.4, 0.5) is 5.13 Å². The van der Waals surface area contributed by atoms with E-state index >= 15 is 0 Å². The van der Waals surface area contributed by atoms with Crippen molar-refractivity contribution < 1.29 is 9.53 Å². The minimum absolute atomic E-state index is 0.120. The number of nitrogens with one attached hydrogen (secondary N) is 1. The molecule has 1 saturated carbocycles. The number of aromatic nitrogens is 4. The number of carbonyl (C=O) groups excluding carboxylic acids is 1. The van der Waals surface area contributed by atoms with E-state index in [1.54, 1.807) is 6.07 Å². The number of thiazole rings is 1. The Balaban J connectivity index is 1.23. The van der Waals surface area contributed by atoms with Gasteiger partial charge in [-0.05, 0) is 49.6 Å². The van der Waals surface area contributed by atoms with E-state index in [0.717, 1.165) is 34.0 Å². The van der Waals surface area contributed by atoms with Gasteiger partial charge in [-0.3, -0.25) is 9.36 Å². The van der Waals surface area contributed by atoms with Gasteiger partial charge in [-0.15, -0.1) is 10.2 Å². The summed E-state index contributed by atoms with van der Waals surface area (Å²) in [6.07, 6.45) is 2.14. The van der Waals surface area contributed by atoms with E-state index < -0.39 is 0 Å². The third-order valence-corrected chi connectivity index (χ3v) is 7.15. The molecule has 1 amide bonds. The lowest BCUT2D eigenvalue weighted by Crippen LogP contribution is -2.14. The van der Waals surface area contributed by atoms with E-state index in [1.807, 2.05) is 37.3 Å². The number of ether oxygens (including phenoxy) is 1. The summed E-state index contributed by atoms with van der Waals surface area (Å²) < 4.78 is 8.98. The van der Waals surface area contributed by atoms with Gasteiger partial charge < -0.3 is 10.1 Å². The van der Waals surface area contributed by atoms with Crippen molar-refractivity contribution >= 4 is 56.0 Å². The average molecular weight is 486 g/mol. The summed E-state index contributed by atoms with van der Waals surface area (Å²) in [4.78, 5) is 17.0. The number of hydrogen-bond donors (Lipinski definition) is 1. The Bertz CT molecular complexity index is 1280. The van der Waals surface area contributed by atoms with Gasteiger partial charge in [0.25, 0.3) is 0 Å². The van der Waals surface area contributed by atoms with Gasteiger partial charge in [0.1, 0.15) is 12.4 Å². The fraction of sp³-hybridized carbons (Fsp3) is 0.273. The first-order valence-electron chi connectivity index (χ1n) is 10.2. The van der Waals surface area contributed by atoms with Gasteiger partial charge in [-0.25, -0.2) is 4.98 Å². The number of benzene rings is 2. The highest BCUT2D eigenvalue weighted by molar-refractivity contribution is 7.99. The fourth-order valence-corrected chi connectivity index (χ4v) is 5.27. The Morgan fingerprint density at radius 1 is 1.28 bits per heavy atom. The van der Waals surface area contributed by atoms with E-state index in [9.17, 15) is 4.79 Å². The summed E-state index contributed by atoms with van der Waals surface area (Å²) in [5, 5.41) is 13.4. The molecule has 0 saturated heterocycles. The van der Waals surface area contributed by atoms with Crippen molar-refractivity contribution in [3.05, 3.63) is 58.9 Å². The van der Waals surface area contributed by atoms with E-state index in [2.05, 4.69) is 31.1 Å². The van der Waals surface area contributed by atoms with Gasteiger partial charge in [0, 0.05) is 6.04 Å². The Kier molecular flexibility index (Phi) is 6.03. The number of halogens is 1. The van der Waals surface area contributed by atoms with Crippen LogP contribution in [0.25, 0.3) is 10.2 Å². The number of thioether (sulfide) groups is 1. The van der Waals surface area contributed by atoms with Crippen molar-refractivity contribution in [2.75, 3.05) is 11.1 Å². The molecule has 2 aromatic heterocycles. The molecule has 0 spiro atoms. The van der Waals surface area contributed by atoms with Crippen LogP contribution >= 0.6 is 34.7 Å². The summed E-state index contributed by atoms with van der Waals surface area (Å²) in [5.74, 6) is 1.45. The number of amides is 1. The van der Waals surface area contributed by atoms with E-state index in [1.165, 1.54) is 28.7 Å². The van der Waals surface area contributed by atoms with Crippen molar-refractivity contribution in [3.63, 3.8) is 0 Å². The van der Waals surface area contributed by atoms with Crippen molar-refractivity contribution in [1.29, 1.82) is 0 Å². The third-order valence-electron chi connectivity index (χ3n) is 4.96. The SMILES string of the molecule is Cc1ccc2nc(NC(=O)CSc3nnc(COc4ccccc4Cl)n3C3CC3)sc2c1. The largest absolute Gasteiger partial charge is 0.484 e. The van der Waals surface area contributed by atoms with Gasteiger partial charge in [0.05, 0.1) is 21.0 Å². The van der Waals surface area contributed by atoms with Crippen molar-refractivity contribution in [3.8, 4) is 5.75 Å². The van der Waals surface area contributed by atoms with Crippen LogP contribution in [-0.4, -0.2) is 31.4 Å². The van der Waals surface area contributed by atoms with Crippen LogP contribution in [0, 0.1) is 6.92 Å². The normalized spacial score (nSPS) is 13.4. The summed E-state index contributed by atoms with van der Waals surface area (Å²) in [7, 11) is 0. The highest BCUT2D eigenvalue weighted by atomic mass is 35.5. The Morgan fingerprint density at radius 3 is 2.94 bits per heavy atom. The molecule has 2 heterocycles. The molecule has 164 valence electrons. The van der Waals surface area contributed by atoms with E-state index in [0.29, 0.717) is 21.9 Å². The summed E-state index contributed by atoms with van der Waals surface area (Å²) in [5.41, 5.74) is 2.06. The smallest absolute Gasteiger partial charge is 0.236 e. The zero-order valence-electron chi connectivity index (χ0n) is 17.2. The topological polar surface area (TPSA) is 81.9 Å². The number of fused-ring (bicyclic) bond motifs is 1. The maximum atomic E-state index is 12.5. The molecule has 32 heavy (non-hydrogen) atoms. The molecule has 0 radical (unpaired) electrons. The number of aryl methyl sites for hydroxylation is 1. The van der Waals surface area contributed by atoms with E-state index in [-0.39, 0.29) is 18.3 Å². The number of anilines is 1. The number of hydrogen-bond acceptors (Lipinski definition) is 7. The molecule has 1 aliphatic carbocycles. The number of para-hydroxylation sites is 1. The highest BCUT2D eigenvalue weighted by Crippen LogP contribution is 2.39. The quantitative estimate of drug-likeness (QED) is 0.332. The molecule has 0 bridgehead atoms. The maximum Gasteiger partial charge on any atom is 0.236 e. The van der Waals surface area contributed by atoms with Gasteiger partial charge in [-0.1, -0.05) is 52.9 Å². The second-order valence-corrected chi connectivity index (χ2v) is 9.93. The molecule has 2 aromatic carbocycles. The van der Waals surface area contributed by atoms with Gasteiger partial charge >= 0.3 is 0 Å². The zero-order valence-corrected chi connectivity index (χ0v) is 19.6. The van der Waals surface area contributed by atoms with Crippen molar-refractivity contribution in [2.24, 2.45) is 0 Å². The predicted molar refractivity (Wildman–Crippen MR) is 128 cm³/mol. The molecule has 4 aromatic rings. The van der Waals surface area contributed by atoms with Crippen LogP contribution < -0.4 is 10.1 Å². The van der Waals surface area contributed by atoms with E-state index in [4.69, 9.17) is 16.3 Å². The summed E-state index contributed by atoms with van der Waals surface area (Å²) >= 11 is 9.02. The lowest BCUT2D eigenvalue weighted by atomic mass is 10.2. The van der Waals surface area contributed by atoms with Crippen LogP contribution in [0.2, 0.25) is 5.02 Å². The first-order valence-corrected chi connectivity index (χ1v) is 12.4. The minimum Gasteiger partial charge on any atom is -0.484 e. The molecule has 0 aliphatic heterocycles. The molecule has 5 rings (SSSR count). The van der Waals surface area contributed by atoms with Gasteiger partial charge in [0.15, 0.2) is 16.1 Å². The van der Waals surface area contributed by atoms with Gasteiger partial charge in [0.2, 0.25) is 5.91 Å². The first-order chi connectivity index (χ1) is 15.6. The predicted octanol–water partition coefficient (Wildman–Crippen LogP) is 5.49. The summed E-state index contributed by atoms with van der Waals surface area (Å²) in [6, 6.07) is 13.8. The molecule has 7 nitrogen and oxygen atoms in total. The number of rotatable bonds is 8. The van der Waals surface area contributed by atoms with Crippen LogP contribution in [0.15, 0.2) is 47.6 Å². The second-order valence-electron chi connectivity index (χ2n) is 7.55. The van der Waals surface area contributed by atoms with Gasteiger partial charge in [-0.2, -0.15) is 0 Å². The third kappa shape index (κ3) is 4.74. The molecule has 1 N–H and O–H groups in total. The fourth-order valence-electron chi connectivity index (χ4n) is 3.28. The molecule has 1 fully saturated rings. The Morgan fingerprint density at radius 2 is 2.12 bits per heavy atom. The molecule has 0 unspecified atom stereocenters. The molecule has 10 heteroatoms. The minimum atomic E-state index is -0.120.